The van der Waals surface area contributed by atoms with Crippen LogP contribution in [0.15, 0.2) is 163 Å². The van der Waals surface area contributed by atoms with Gasteiger partial charge in [-0.2, -0.15) is 5.10 Å². The van der Waals surface area contributed by atoms with Gasteiger partial charge in [-0.05, 0) is 82.1 Å². The zero-order valence-corrected chi connectivity index (χ0v) is 27.7. The lowest BCUT2D eigenvalue weighted by molar-refractivity contribution is 0.929. The smallest absolute Gasteiger partial charge is 0.131 e. The minimum Gasteiger partial charge on any atom is -0.309 e. The average Bonchev–Trinajstić information content (AvgIpc) is 3.68. The van der Waals surface area contributed by atoms with Gasteiger partial charge in [-0.25, -0.2) is 0 Å². The molecule has 2 heterocycles. The van der Waals surface area contributed by atoms with Gasteiger partial charge in [-0.1, -0.05) is 127 Å². The van der Waals surface area contributed by atoms with E-state index in [4.69, 9.17) is 0 Å². The van der Waals surface area contributed by atoms with Gasteiger partial charge >= 0.3 is 0 Å². The maximum atomic E-state index is 4.11. The Kier molecular flexibility index (Phi) is 7.14. The third-order valence-electron chi connectivity index (χ3n) is 9.79. The lowest BCUT2D eigenvalue weighted by atomic mass is 9.90. The van der Waals surface area contributed by atoms with Gasteiger partial charge in [0.2, 0.25) is 0 Å². The summed E-state index contributed by atoms with van der Waals surface area (Å²) in [6, 6.07) is 49.9. The Morgan fingerprint density at radius 1 is 0.540 bits per heavy atom. The molecule has 9 aromatic rings. The van der Waals surface area contributed by atoms with Crippen LogP contribution in [0.1, 0.15) is 18.1 Å². The van der Waals surface area contributed by atoms with Crippen LogP contribution in [0.2, 0.25) is 0 Å². The molecule has 9 rings (SSSR count). The van der Waals surface area contributed by atoms with Crippen LogP contribution in [-0.2, 0) is 0 Å². The Bertz CT molecular complexity index is 2770. The van der Waals surface area contributed by atoms with Gasteiger partial charge in [0.05, 0.1) is 22.1 Å². The average molecular weight is 643 g/mol. The molecule has 0 aliphatic carbocycles. The van der Waals surface area contributed by atoms with Gasteiger partial charge in [0, 0.05) is 33.9 Å². The molecule has 0 aliphatic heterocycles. The largest absolute Gasteiger partial charge is 0.309 e. The highest BCUT2D eigenvalue weighted by molar-refractivity contribution is 6.16. The molecule has 0 saturated heterocycles. The summed E-state index contributed by atoms with van der Waals surface area (Å²) in [7, 11) is 0. The van der Waals surface area contributed by atoms with Gasteiger partial charge in [-0.3, -0.25) is 9.99 Å². The van der Waals surface area contributed by atoms with Crippen LogP contribution in [0, 0.1) is 0 Å². The predicted octanol–water partition coefficient (Wildman–Crippen LogP) is 11.9. The molecular formula is C46H34N4. The van der Waals surface area contributed by atoms with E-state index in [0.29, 0.717) is 0 Å². The van der Waals surface area contributed by atoms with E-state index in [1.54, 1.807) is 0 Å². The summed E-state index contributed by atoms with van der Waals surface area (Å²) in [5, 5.41) is 13.9. The number of para-hydroxylation sites is 4. The minimum absolute atomic E-state index is 0.819. The number of benzene rings is 7. The number of hydrogen-bond acceptors (Lipinski definition) is 2. The quantitative estimate of drug-likeness (QED) is 0.0798. The van der Waals surface area contributed by atoms with Crippen LogP contribution in [0.5, 0.6) is 0 Å². The third kappa shape index (κ3) is 4.57. The maximum Gasteiger partial charge on any atom is 0.131 e. The summed E-state index contributed by atoms with van der Waals surface area (Å²) in [5.74, 6) is 0.819. The molecule has 4 heteroatoms. The molecule has 7 aromatic carbocycles. The number of allylic oxidation sites excluding steroid dienone is 3. The molecule has 0 unspecified atom stereocenters. The van der Waals surface area contributed by atoms with Crippen LogP contribution >= 0.6 is 0 Å². The second-order valence-electron chi connectivity index (χ2n) is 12.5. The number of nitrogens with zero attached hydrogens (tertiary/aromatic N) is 3. The fourth-order valence-corrected chi connectivity index (χ4v) is 7.76. The molecular weight excluding hydrogens is 609 g/mol. The minimum atomic E-state index is 0.819. The van der Waals surface area contributed by atoms with Gasteiger partial charge < -0.3 is 4.57 Å². The number of hydrazone groups is 1. The first-order valence-corrected chi connectivity index (χ1v) is 16.9. The summed E-state index contributed by atoms with van der Waals surface area (Å²) >= 11 is 0. The van der Waals surface area contributed by atoms with Gasteiger partial charge in [0.15, 0.2) is 0 Å². The van der Waals surface area contributed by atoms with Crippen molar-refractivity contribution in [3.8, 4) is 5.69 Å². The zero-order valence-electron chi connectivity index (χ0n) is 27.7. The van der Waals surface area contributed by atoms with Crippen LogP contribution < -0.4 is 5.43 Å². The second kappa shape index (κ2) is 12.1. The Labute approximate surface area is 290 Å². The summed E-state index contributed by atoms with van der Waals surface area (Å²) in [4.78, 5) is 0. The predicted molar refractivity (Wildman–Crippen MR) is 216 cm³/mol. The second-order valence-corrected chi connectivity index (χ2v) is 12.5. The van der Waals surface area contributed by atoms with E-state index in [1.807, 2.05) is 0 Å². The van der Waals surface area contributed by atoms with Crippen molar-refractivity contribution in [2.75, 3.05) is 0 Å². The Morgan fingerprint density at radius 2 is 1.02 bits per heavy atom. The van der Waals surface area contributed by atoms with Crippen molar-refractivity contribution in [3.05, 3.63) is 169 Å². The van der Waals surface area contributed by atoms with Crippen molar-refractivity contribution < 1.29 is 0 Å². The van der Waals surface area contributed by atoms with Crippen LogP contribution in [-0.4, -0.2) is 15.9 Å². The summed E-state index contributed by atoms with van der Waals surface area (Å²) in [5.41, 5.74) is 11.3. The molecule has 0 aliphatic rings. The van der Waals surface area contributed by atoms with E-state index in [9.17, 15) is 0 Å². The topological polar surface area (TPSA) is 34.2 Å². The molecule has 0 radical (unpaired) electrons. The Morgan fingerprint density at radius 3 is 1.60 bits per heavy atom. The highest BCUT2D eigenvalue weighted by Crippen LogP contribution is 2.38. The number of fused-ring (bicyclic) bond motifs is 9. The first kappa shape index (κ1) is 29.5. The van der Waals surface area contributed by atoms with Crippen LogP contribution in [0.4, 0.5) is 0 Å². The van der Waals surface area contributed by atoms with E-state index in [1.165, 1.54) is 59.7 Å². The monoisotopic (exact) mass is 642 g/mol. The highest BCUT2D eigenvalue weighted by atomic mass is 15.3. The molecule has 0 spiro atoms. The van der Waals surface area contributed by atoms with Crippen LogP contribution in [0.25, 0.3) is 88.8 Å². The molecule has 238 valence electrons. The molecule has 0 amide bonds. The van der Waals surface area contributed by atoms with Crippen LogP contribution in [0.3, 0.4) is 0 Å². The Balaban J connectivity index is 1.27. The van der Waals surface area contributed by atoms with Gasteiger partial charge in [0.1, 0.15) is 5.82 Å². The van der Waals surface area contributed by atoms with Crippen molar-refractivity contribution in [1.82, 2.24) is 14.6 Å². The molecule has 1 N–H and O–H groups in total. The fraction of sp³-hybridized carbons (Fsp3) is 0.0217. The summed E-state index contributed by atoms with van der Waals surface area (Å²) in [6.07, 6.45) is 10.8. The van der Waals surface area contributed by atoms with E-state index >= 15 is 0 Å². The number of hydrogen-bond donors (Lipinski definition) is 1. The molecule has 0 saturated carbocycles. The lowest BCUT2D eigenvalue weighted by Gasteiger charge is -2.16. The maximum absolute atomic E-state index is 4.11. The van der Waals surface area contributed by atoms with Crippen molar-refractivity contribution in [2.45, 2.75) is 6.92 Å². The number of rotatable bonds is 7. The third-order valence-corrected chi connectivity index (χ3v) is 9.79. The molecule has 2 aromatic heterocycles. The SMILES string of the molecule is C=NN/C(=C\C=C/c1c(/C=C/C)c2ccccc2c2cc(-n3c4ccccc4c4ccccc43)ccc12)n1c2ccccc2c2ccccc21. The van der Waals surface area contributed by atoms with Crippen molar-refractivity contribution in [3.63, 3.8) is 0 Å². The summed E-state index contributed by atoms with van der Waals surface area (Å²) < 4.78 is 4.61. The van der Waals surface area contributed by atoms with Crippen molar-refractivity contribution in [1.29, 1.82) is 0 Å². The molecule has 0 atom stereocenters. The van der Waals surface area contributed by atoms with Gasteiger partial charge in [0.25, 0.3) is 0 Å². The standard InChI is InChI=1S/C46H34N4/c1-3-15-32-33-16-4-5-17-35(33)41-30-31(49-42-23-10-6-18-37(42)38-19-7-11-24-43(38)49)28-29-36(41)34(32)22-14-27-46(48-47-2)50-44-25-12-8-20-39(44)40-21-9-13-26-45(40)50/h3-30,48H,2H2,1H3/b15-3+,22-14-,46-27+. The zero-order chi connectivity index (χ0) is 33.6. The van der Waals surface area contributed by atoms with E-state index in [2.05, 4.69) is 203 Å². The molecule has 0 bridgehead atoms. The Hall–Kier alpha value is -6.65. The first-order chi connectivity index (χ1) is 24.8. The lowest BCUT2D eigenvalue weighted by Crippen LogP contribution is -2.10. The first-order valence-electron chi connectivity index (χ1n) is 16.9. The van der Waals surface area contributed by atoms with Gasteiger partial charge in [-0.15, -0.1) is 0 Å². The van der Waals surface area contributed by atoms with E-state index in [0.717, 1.165) is 28.1 Å². The molecule has 0 fully saturated rings. The normalized spacial score (nSPS) is 12.5. The van der Waals surface area contributed by atoms with Crippen molar-refractivity contribution in [2.24, 2.45) is 5.10 Å². The summed E-state index contributed by atoms with van der Waals surface area (Å²) in [6.45, 7) is 5.85. The fourth-order valence-electron chi connectivity index (χ4n) is 7.76. The number of nitrogens with one attached hydrogen (secondary N) is 1. The number of aromatic nitrogens is 2. The van der Waals surface area contributed by atoms with E-state index < -0.39 is 0 Å². The van der Waals surface area contributed by atoms with Crippen molar-refractivity contribution >= 4 is 89.8 Å². The van der Waals surface area contributed by atoms with E-state index in [-0.39, 0.29) is 0 Å². The molecule has 50 heavy (non-hydrogen) atoms. The molecule has 4 nitrogen and oxygen atoms in total. The highest BCUT2D eigenvalue weighted by Gasteiger charge is 2.16.